The van der Waals surface area contributed by atoms with Crippen LogP contribution in [0.3, 0.4) is 0 Å². The molecule has 3 nitrogen and oxygen atoms in total. The monoisotopic (exact) mass is 280 g/mol. The molecule has 1 atom stereocenters. The molecule has 0 aliphatic carbocycles. The highest BCUT2D eigenvalue weighted by Gasteiger charge is 2.44. The van der Waals surface area contributed by atoms with Gasteiger partial charge in [-0.2, -0.15) is 0 Å². The molecule has 0 fully saturated rings. The van der Waals surface area contributed by atoms with E-state index in [2.05, 4.69) is 18.4 Å². The van der Waals surface area contributed by atoms with Crippen LogP contribution in [-0.2, 0) is 11.2 Å². The van der Waals surface area contributed by atoms with Gasteiger partial charge >= 0.3 is 0 Å². The van der Waals surface area contributed by atoms with Crippen molar-refractivity contribution in [3.05, 3.63) is 21.9 Å². The van der Waals surface area contributed by atoms with Crippen LogP contribution in [0, 0.1) is 5.41 Å². The summed E-state index contributed by atoms with van der Waals surface area (Å²) in [5, 5.41) is 2.12. The molecule has 106 valence electrons. The highest BCUT2D eigenvalue weighted by molar-refractivity contribution is 7.10. The van der Waals surface area contributed by atoms with Crippen LogP contribution < -0.4 is 5.73 Å². The van der Waals surface area contributed by atoms with Crippen molar-refractivity contribution in [2.75, 3.05) is 6.54 Å². The van der Waals surface area contributed by atoms with E-state index in [0.717, 1.165) is 13.0 Å². The van der Waals surface area contributed by atoms with E-state index < -0.39 is 11.0 Å². The predicted octanol–water partition coefficient (Wildman–Crippen LogP) is 2.96. The Hall–Kier alpha value is -0.870. The van der Waals surface area contributed by atoms with Crippen LogP contribution in [0.15, 0.2) is 11.4 Å². The van der Waals surface area contributed by atoms with E-state index in [1.807, 2.05) is 32.6 Å². The van der Waals surface area contributed by atoms with Crippen molar-refractivity contribution < 1.29 is 4.79 Å². The molecule has 0 saturated carbocycles. The molecular weight excluding hydrogens is 256 g/mol. The first kappa shape index (κ1) is 14.5. The molecule has 1 aromatic rings. The largest absolute Gasteiger partial charge is 0.335 e. The first-order chi connectivity index (χ1) is 8.66. The van der Waals surface area contributed by atoms with E-state index in [0.29, 0.717) is 0 Å². The van der Waals surface area contributed by atoms with Gasteiger partial charge in [-0.15, -0.1) is 11.3 Å². The van der Waals surface area contributed by atoms with Crippen molar-refractivity contribution in [2.24, 2.45) is 11.1 Å². The third-order valence-corrected chi connectivity index (χ3v) is 5.68. The van der Waals surface area contributed by atoms with Crippen LogP contribution in [0.25, 0.3) is 0 Å². The summed E-state index contributed by atoms with van der Waals surface area (Å²) < 4.78 is 0. The summed E-state index contributed by atoms with van der Waals surface area (Å²) in [6, 6.07) is 2.30. The van der Waals surface area contributed by atoms with Gasteiger partial charge in [0.1, 0.15) is 0 Å². The highest BCUT2D eigenvalue weighted by atomic mass is 32.1. The molecule has 2 rings (SSSR count). The molecule has 2 N–H and O–H groups in total. The molecule has 0 aromatic carbocycles. The van der Waals surface area contributed by atoms with Gasteiger partial charge in [0.25, 0.3) is 0 Å². The van der Waals surface area contributed by atoms with Crippen LogP contribution in [-0.4, -0.2) is 22.9 Å². The maximum absolute atomic E-state index is 12.9. The molecule has 0 bridgehead atoms. The molecule has 0 saturated heterocycles. The molecule has 2 heterocycles. The molecular formula is C15H24N2OS. The lowest BCUT2D eigenvalue weighted by Gasteiger charge is -2.44. The minimum atomic E-state index is -0.561. The molecule has 0 radical (unpaired) electrons. The quantitative estimate of drug-likeness (QED) is 0.905. The molecule has 0 spiro atoms. The molecule has 1 unspecified atom stereocenters. The summed E-state index contributed by atoms with van der Waals surface area (Å²) in [4.78, 5) is 16.3. The lowest BCUT2D eigenvalue weighted by molar-refractivity contribution is -0.146. The number of thiophene rings is 1. The van der Waals surface area contributed by atoms with E-state index in [-0.39, 0.29) is 11.9 Å². The zero-order chi connectivity index (χ0) is 14.4. The standard InChI is InChI=1S/C15H24N2OS/c1-10-11-7-9-19-12(11)6-8-17(10)13(18)14(2,3)15(4,5)16/h7,9-10H,6,8,16H2,1-5H3. The average Bonchev–Trinajstić information content (AvgIpc) is 2.76. The Labute approximate surface area is 119 Å². The van der Waals surface area contributed by atoms with Crippen LogP contribution in [0.1, 0.15) is 51.1 Å². The fraction of sp³-hybridized carbons (Fsp3) is 0.667. The van der Waals surface area contributed by atoms with E-state index in [1.54, 1.807) is 11.3 Å². The van der Waals surface area contributed by atoms with Crippen molar-refractivity contribution in [3.8, 4) is 0 Å². The summed E-state index contributed by atoms with van der Waals surface area (Å²) in [6.45, 7) is 10.7. The van der Waals surface area contributed by atoms with Gasteiger partial charge < -0.3 is 10.6 Å². The lowest BCUT2D eigenvalue weighted by Crippen LogP contribution is -2.57. The number of nitrogens with zero attached hydrogens (tertiary/aromatic N) is 1. The van der Waals surface area contributed by atoms with Crippen LogP contribution in [0.4, 0.5) is 0 Å². The van der Waals surface area contributed by atoms with Crippen molar-refractivity contribution >= 4 is 17.2 Å². The van der Waals surface area contributed by atoms with Crippen molar-refractivity contribution in [2.45, 2.75) is 52.6 Å². The SMILES string of the molecule is CC1c2ccsc2CCN1C(=O)C(C)(C)C(C)(C)N. The third-order valence-electron chi connectivity index (χ3n) is 4.68. The maximum atomic E-state index is 12.9. The zero-order valence-electron chi connectivity index (χ0n) is 12.5. The molecule has 1 aromatic heterocycles. The Morgan fingerprint density at radius 2 is 2.05 bits per heavy atom. The smallest absolute Gasteiger partial charge is 0.230 e. The summed E-state index contributed by atoms with van der Waals surface area (Å²) in [5.74, 6) is 0.157. The second-order valence-electron chi connectivity index (χ2n) is 6.57. The topological polar surface area (TPSA) is 46.3 Å². The Balaban J connectivity index is 2.27. The number of nitrogens with two attached hydrogens (primary N) is 1. The fourth-order valence-electron chi connectivity index (χ4n) is 2.42. The fourth-order valence-corrected chi connectivity index (χ4v) is 3.38. The number of carbonyl (C=O) groups is 1. The predicted molar refractivity (Wildman–Crippen MR) is 80.2 cm³/mol. The lowest BCUT2D eigenvalue weighted by atomic mass is 9.73. The summed E-state index contributed by atoms with van der Waals surface area (Å²) in [7, 11) is 0. The van der Waals surface area contributed by atoms with E-state index in [9.17, 15) is 4.79 Å². The van der Waals surface area contributed by atoms with Gasteiger partial charge in [-0.25, -0.2) is 0 Å². The van der Waals surface area contributed by atoms with Gasteiger partial charge in [-0.3, -0.25) is 4.79 Å². The number of amides is 1. The normalized spacial score (nSPS) is 20.3. The van der Waals surface area contributed by atoms with E-state index in [1.165, 1.54) is 10.4 Å². The summed E-state index contributed by atoms with van der Waals surface area (Å²) in [6.07, 6.45) is 0.962. The Morgan fingerprint density at radius 1 is 1.42 bits per heavy atom. The maximum Gasteiger partial charge on any atom is 0.230 e. The first-order valence-electron chi connectivity index (χ1n) is 6.82. The van der Waals surface area contributed by atoms with E-state index in [4.69, 9.17) is 5.73 Å². The van der Waals surface area contributed by atoms with Gasteiger partial charge in [0, 0.05) is 17.0 Å². The van der Waals surface area contributed by atoms with Gasteiger partial charge in [0.05, 0.1) is 11.5 Å². The van der Waals surface area contributed by atoms with E-state index >= 15 is 0 Å². The Morgan fingerprint density at radius 3 is 2.63 bits per heavy atom. The molecule has 19 heavy (non-hydrogen) atoms. The first-order valence-corrected chi connectivity index (χ1v) is 7.70. The second-order valence-corrected chi connectivity index (χ2v) is 7.57. The third kappa shape index (κ3) is 2.32. The molecule has 1 aliphatic heterocycles. The van der Waals surface area contributed by atoms with Gasteiger partial charge in [-0.1, -0.05) is 0 Å². The number of fused-ring (bicyclic) bond motifs is 1. The Bertz CT molecular complexity index is 485. The van der Waals surface area contributed by atoms with Crippen molar-refractivity contribution in [1.29, 1.82) is 0 Å². The summed E-state index contributed by atoms with van der Waals surface area (Å²) >= 11 is 1.79. The van der Waals surface area contributed by atoms with Crippen molar-refractivity contribution in [1.82, 2.24) is 4.90 Å². The summed E-state index contributed by atoms with van der Waals surface area (Å²) in [5.41, 5.74) is 6.41. The van der Waals surface area contributed by atoms with Crippen LogP contribution in [0.2, 0.25) is 0 Å². The average molecular weight is 280 g/mol. The van der Waals surface area contributed by atoms with Crippen molar-refractivity contribution in [3.63, 3.8) is 0 Å². The number of carbonyl (C=O) groups excluding carboxylic acids is 1. The molecule has 4 heteroatoms. The minimum Gasteiger partial charge on any atom is -0.335 e. The van der Waals surface area contributed by atoms with Gasteiger partial charge in [-0.05, 0) is 58.0 Å². The van der Waals surface area contributed by atoms with Gasteiger partial charge in [0.2, 0.25) is 5.91 Å². The highest BCUT2D eigenvalue weighted by Crippen LogP contribution is 2.38. The minimum absolute atomic E-state index is 0.157. The van der Waals surface area contributed by atoms with Crippen LogP contribution >= 0.6 is 11.3 Å². The van der Waals surface area contributed by atoms with Gasteiger partial charge in [0.15, 0.2) is 0 Å². The molecule has 1 aliphatic rings. The van der Waals surface area contributed by atoms with Crippen LogP contribution in [0.5, 0.6) is 0 Å². The number of hydrogen-bond donors (Lipinski definition) is 1. The number of rotatable bonds is 2. The number of hydrogen-bond acceptors (Lipinski definition) is 3. The zero-order valence-corrected chi connectivity index (χ0v) is 13.3. The Kier molecular flexibility index (Phi) is 3.52. The second kappa shape index (κ2) is 4.60. The molecule has 1 amide bonds.